The van der Waals surface area contributed by atoms with Gasteiger partial charge in [-0.1, -0.05) is 11.6 Å². The fraction of sp³-hybridized carbons (Fsp3) is 0.278. The first kappa shape index (κ1) is 19.9. The molecule has 8 heteroatoms. The standard InChI is InChI=1S/C18H18ClNO5S/c1-9-10(2)26-17(20-11(3)21)16(9)18(23)25-8-14(22)12-5-6-15(24-4)13(19)7-12/h5-7H,8H2,1-4H3,(H,20,21). The van der Waals surface area contributed by atoms with Gasteiger partial charge >= 0.3 is 5.97 Å². The molecule has 26 heavy (non-hydrogen) atoms. The van der Waals surface area contributed by atoms with E-state index >= 15 is 0 Å². The number of anilines is 1. The third-order valence-electron chi connectivity index (χ3n) is 3.69. The average molecular weight is 396 g/mol. The molecule has 0 aliphatic rings. The third-order valence-corrected chi connectivity index (χ3v) is 5.11. The highest BCUT2D eigenvalue weighted by molar-refractivity contribution is 7.16. The van der Waals surface area contributed by atoms with E-state index in [1.54, 1.807) is 19.1 Å². The number of carbonyl (C=O) groups excluding carboxylic acids is 3. The van der Waals surface area contributed by atoms with Crippen molar-refractivity contribution in [2.24, 2.45) is 0 Å². The van der Waals surface area contributed by atoms with Crippen molar-refractivity contribution < 1.29 is 23.9 Å². The van der Waals surface area contributed by atoms with Gasteiger partial charge in [-0.05, 0) is 37.6 Å². The molecule has 1 amide bonds. The van der Waals surface area contributed by atoms with Crippen LogP contribution in [-0.2, 0) is 9.53 Å². The molecule has 0 unspecified atom stereocenters. The third kappa shape index (κ3) is 4.42. The Bertz CT molecular complexity index is 875. The fourth-order valence-corrected chi connectivity index (χ4v) is 3.60. The lowest BCUT2D eigenvalue weighted by atomic mass is 10.1. The molecule has 2 aromatic rings. The average Bonchev–Trinajstić information content (AvgIpc) is 2.85. The van der Waals surface area contributed by atoms with Gasteiger partial charge in [0, 0.05) is 17.4 Å². The maximum Gasteiger partial charge on any atom is 0.341 e. The van der Waals surface area contributed by atoms with Crippen molar-refractivity contribution in [1.82, 2.24) is 0 Å². The first-order valence-corrected chi connectivity index (χ1v) is 8.85. The summed E-state index contributed by atoms with van der Waals surface area (Å²) in [5.74, 6) is -0.897. The number of hydrogen-bond donors (Lipinski definition) is 1. The molecule has 0 fully saturated rings. The molecule has 138 valence electrons. The van der Waals surface area contributed by atoms with Crippen LogP contribution in [0, 0.1) is 13.8 Å². The molecule has 0 radical (unpaired) electrons. The zero-order valence-electron chi connectivity index (χ0n) is 14.8. The first-order valence-electron chi connectivity index (χ1n) is 7.66. The summed E-state index contributed by atoms with van der Waals surface area (Å²) < 4.78 is 10.2. The van der Waals surface area contributed by atoms with Crippen molar-refractivity contribution in [3.8, 4) is 5.75 Å². The first-order chi connectivity index (χ1) is 12.2. The molecule has 1 heterocycles. The number of hydrogen-bond acceptors (Lipinski definition) is 6. The van der Waals surface area contributed by atoms with Crippen molar-refractivity contribution in [2.75, 3.05) is 19.0 Å². The van der Waals surface area contributed by atoms with E-state index in [1.807, 2.05) is 6.92 Å². The van der Waals surface area contributed by atoms with Crippen molar-refractivity contribution in [3.05, 3.63) is 44.8 Å². The lowest BCUT2D eigenvalue weighted by Gasteiger charge is -2.08. The van der Waals surface area contributed by atoms with Crippen molar-refractivity contribution in [2.45, 2.75) is 20.8 Å². The van der Waals surface area contributed by atoms with Crippen molar-refractivity contribution in [1.29, 1.82) is 0 Å². The summed E-state index contributed by atoms with van der Waals surface area (Å²) >= 11 is 7.29. The molecule has 6 nitrogen and oxygen atoms in total. The van der Waals surface area contributed by atoms with Crippen LogP contribution < -0.4 is 10.1 Å². The van der Waals surface area contributed by atoms with Crippen LogP contribution in [0.4, 0.5) is 5.00 Å². The van der Waals surface area contributed by atoms with Gasteiger partial charge in [-0.15, -0.1) is 11.3 Å². The molecule has 1 N–H and O–H groups in total. The number of ketones is 1. The van der Waals surface area contributed by atoms with Crippen LogP contribution in [0.1, 0.15) is 38.1 Å². The van der Waals surface area contributed by atoms with E-state index in [4.69, 9.17) is 21.1 Å². The Morgan fingerprint density at radius 3 is 2.50 bits per heavy atom. The minimum Gasteiger partial charge on any atom is -0.495 e. The number of aryl methyl sites for hydroxylation is 1. The molecule has 2 rings (SSSR count). The highest BCUT2D eigenvalue weighted by atomic mass is 35.5. The summed E-state index contributed by atoms with van der Waals surface area (Å²) in [4.78, 5) is 36.9. The zero-order valence-corrected chi connectivity index (χ0v) is 16.3. The Labute approximate surface area is 160 Å². The Hall–Kier alpha value is -2.38. The van der Waals surface area contributed by atoms with Gasteiger partial charge < -0.3 is 14.8 Å². The predicted molar refractivity (Wildman–Crippen MR) is 101 cm³/mol. The summed E-state index contributed by atoms with van der Waals surface area (Å²) in [5.41, 5.74) is 1.29. The van der Waals surface area contributed by atoms with Gasteiger partial charge in [0.2, 0.25) is 5.91 Å². The smallest absolute Gasteiger partial charge is 0.341 e. The number of rotatable bonds is 6. The van der Waals surface area contributed by atoms with E-state index in [1.165, 1.54) is 31.4 Å². The SMILES string of the molecule is COc1ccc(C(=O)COC(=O)c2c(NC(C)=O)sc(C)c2C)cc1Cl. The number of Topliss-reactive ketones (excluding diaryl/α,β-unsaturated/α-hetero) is 1. The Morgan fingerprint density at radius 2 is 1.92 bits per heavy atom. The number of esters is 1. The summed E-state index contributed by atoms with van der Waals surface area (Å²) in [7, 11) is 1.47. The number of thiophene rings is 1. The minimum atomic E-state index is -0.663. The molecule has 1 aromatic heterocycles. The Balaban J connectivity index is 2.12. The topological polar surface area (TPSA) is 81.7 Å². The number of benzene rings is 1. The second-order valence-electron chi connectivity index (χ2n) is 5.52. The van der Waals surface area contributed by atoms with Gasteiger partial charge in [0.15, 0.2) is 12.4 Å². The number of ether oxygens (including phenoxy) is 2. The van der Waals surface area contributed by atoms with Crippen LogP contribution in [-0.4, -0.2) is 31.4 Å². The number of amides is 1. The molecular weight excluding hydrogens is 378 g/mol. The van der Waals surface area contributed by atoms with Gasteiger partial charge in [0.1, 0.15) is 10.8 Å². The van der Waals surface area contributed by atoms with Crippen LogP contribution >= 0.6 is 22.9 Å². The van der Waals surface area contributed by atoms with Crippen molar-refractivity contribution >= 4 is 45.6 Å². The van der Waals surface area contributed by atoms with Crippen LogP contribution in [0.2, 0.25) is 5.02 Å². The monoisotopic (exact) mass is 395 g/mol. The normalized spacial score (nSPS) is 10.3. The second kappa shape index (κ2) is 8.33. The zero-order chi connectivity index (χ0) is 19.4. The summed E-state index contributed by atoms with van der Waals surface area (Å²) in [6, 6.07) is 4.57. The van der Waals surface area contributed by atoms with Crippen molar-refractivity contribution in [3.63, 3.8) is 0 Å². The van der Waals surface area contributed by atoms with E-state index in [0.29, 0.717) is 26.9 Å². The van der Waals surface area contributed by atoms with Crippen LogP contribution in [0.5, 0.6) is 5.75 Å². The molecule has 0 aliphatic carbocycles. The maximum absolute atomic E-state index is 12.4. The summed E-state index contributed by atoms with van der Waals surface area (Å²) in [6.07, 6.45) is 0. The summed E-state index contributed by atoms with van der Waals surface area (Å²) in [5, 5.41) is 3.33. The van der Waals surface area contributed by atoms with Gasteiger partial charge in [-0.25, -0.2) is 4.79 Å². The number of halogens is 1. The molecule has 1 aromatic carbocycles. The number of carbonyl (C=O) groups is 3. The Kier molecular flexibility index (Phi) is 6.39. The fourth-order valence-electron chi connectivity index (χ4n) is 2.25. The van der Waals surface area contributed by atoms with E-state index in [9.17, 15) is 14.4 Å². The van der Waals surface area contributed by atoms with Gasteiger partial charge in [0.25, 0.3) is 0 Å². The largest absolute Gasteiger partial charge is 0.495 e. The predicted octanol–water partition coefficient (Wildman–Crippen LogP) is 4.03. The van der Waals surface area contributed by atoms with E-state index < -0.39 is 18.4 Å². The van der Waals surface area contributed by atoms with Gasteiger partial charge in [-0.3, -0.25) is 9.59 Å². The molecule has 0 saturated carbocycles. The highest BCUT2D eigenvalue weighted by Crippen LogP contribution is 2.33. The van der Waals surface area contributed by atoms with E-state index in [0.717, 1.165) is 4.88 Å². The molecule has 0 atom stereocenters. The molecular formula is C18H18ClNO5S. The van der Waals surface area contributed by atoms with Crippen LogP contribution in [0.15, 0.2) is 18.2 Å². The number of methoxy groups -OCH3 is 1. The molecule has 0 aliphatic heterocycles. The summed E-state index contributed by atoms with van der Waals surface area (Å²) in [6.45, 7) is 4.52. The molecule has 0 bridgehead atoms. The molecule has 0 spiro atoms. The molecule has 0 saturated heterocycles. The number of nitrogens with one attached hydrogen (secondary N) is 1. The lowest BCUT2D eigenvalue weighted by molar-refractivity contribution is -0.114. The van der Waals surface area contributed by atoms with Gasteiger partial charge in [-0.2, -0.15) is 0 Å². The van der Waals surface area contributed by atoms with E-state index in [2.05, 4.69) is 5.32 Å². The van der Waals surface area contributed by atoms with Gasteiger partial charge in [0.05, 0.1) is 17.7 Å². The maximum atomic E-state index is 12.4. The highest BCUT2D eigenvalue weighted by Gasteiger charge is 2.22. The van der Waals surface area contributed by atoms with E-state index in [-0.39, 0.29) is 11.5 Å². The lowest BCUT2D eigenvalue weighted by Crippen LogP contribution is -2.16. The quantitative estimate of drug-likeness (QED) is 0.590. The van der Waals surface area contributed by atoms with Crippen LogP contribution in [0.25, 0.3) is 0 Å². The second-order valence-corrected chi connectivity index (χ2v) is 7.15. The van der Waals surface area contributed by atoms with Crippen LogP contribution in [0.3, 0.4) is 0 Å². The minimum absolute atomic E-state index is 0.267. The Morgan fingerprint density at radius 1 is 1.23 bits per heavy atom.